The molecule has 1 aromatic heterocycles. The zero-order valence-corrected chi connectivity index (χ0v) is 13.1. The van der Waals surface area contributed by atoms with Gasteiger partial charge in [-0.2, -0.15) is 0 Å². The van der Waals surface area contributed by atoms with E-state index in [2.05, 4.69) is 25.8 Å². The minimum Gasteiger partial charge on any atom is -0.405 e. The van der Waals surface area contributed by atoms with Gasteiger partial charge in [-0.3, -0.25) is 0 Å². The molecule has 0 spiro atoms. The fourth-order valence-electron chi connectivity index (χ4n) is 2.41. The van der Waals surface area contributed by atoms with E-state index in [0.29, 0.717) is 28.9 Å². The van der Waals surface area contributed by atoms with Crippen LogP contribution in [-0.4, -0.2) is 16.8 Å². The van der Waals surface area contributed by atoms with Gasteiger partial charge < -0.3 is 9.26 Å². The van der Waals surface area contributed by atoms with E-state index in [9.17, 15) is 13.2 Å². The molecule has 1 fully saturated rings. The second-order valence-electron chi connectivity index (χ2n) is 5.13. The molecule has 0 bridgehead atoms. The molecule has 0 atom stereocenters. The summed E-state index contributed by atoms with van der Waals surface area (Å²) >= 11 is 3.37. The van der Waals surface area contributed by atoms with E-state index < -0.39 is 6.36 Å². The lowest BCUT2D eigenvalue weighted by atomic mass is 10.0. The van der Waals surface area contributed by atoms with Gasteiger partial charge in [0.2, 0.25) is 0 Å². The van der Waals surface area contributed by atoms with Crippen LogP contribution in [0.5, 0.6) is 5.75 Å². The van der Waals surface area contributed by atoms with E-state index in [4.69, 9.17) is 4.52 Å². The highest BCUT2D eigenvalue weighted by atomic mass is 79.9. The van der Waals surface area contributed by atoms with Crippen molar-refractivity contribution in [1.82, 2.24) is 5.16 Å². The summed E-state index contributed by atoms with van der Waals surface area (Å²) in [4.78, 5) is 0. The van der Waals surface area contributed by atoms with Crippen molar-refractivity contribution < 1.29 is 22.4 Å². The molecule has 1 aromatic carbocycles. The monoisotopic (exact) mass is 375 g/mol. The largest absolute Gasteiger partial charge is 0.573 e. The number of para-hydroxylation sites is 1. The van der Waals surface area contributed by atoms with E-state index in [0.717, 1.165) is 24.2 Å². The first-order valence-corrected chi connectivity index (χ1v) is 8.01. The predicted molar refractivity (Wildman–Crippen MR) is 78.1 cm³/mol. The molecule has 7 heteroatoms. The molecule has 0 amide bonds. The second kappa shape index (κ2) is 5.95. The number of nitrogens with zero attached hydrogens (tertiary/aromatic N) is 1. The van der Waals surface area contributed by atoms with Crippen molar-refractivity contribution in [1.29, 1.82) is 0 Å². The lowest BCUT2D eigenvalue weighted by molar-refractivity contribution is -0.274. The maximum absolute atomic E-state index is 12.6. The third-order valence-electron chi connectivity index (χ3n) is 3.48. The Bertz CT molecular complexity index is 665. The van der Waals surface area contributed by atoms with Crippen molar-refractivity contribution in [2.24, 2.45) is 0 Å². The SMILES string of the molecule is FC(F)(F)Oc1ccccc1-c1noc(C2CC2)c1CCBr. The number of halogens is 4. The van der Waals surface area contributed by atoms with Crippen molar-refractivity contribution in [2.45, 2.75) is 31.5 Å². The summed E-state index contributed by atoms with van der Waals surface area (Å²) in [5.74, 6) is 0.865. The number of aromatic nitrogens is 1. The van der Waals surface area contributed by atoms with E-state index in [1.54, 1.807) is 12.1 Å². The molecule has 1 aliphatic rings. The van der Waals surface area contributed by atoms with Crippen molar-refractivity contribution in [3.63, 3.8) is 0 Å². The lowest BCUT2D eigenvalue weighted by Crippen LogP contribution is -2.17. The van der Waals surface area contributed by atoms with Crippen LogP contribution in [-0.2, 0) is 6.42 Å². The Kier molecular flexibility index (Phi) is 4.16. The van der Waals surface area contributed by atoms with Crippen molar-refractivity contribution >= 4 is 15.9 Å². The second-order valence-corrected chi connectivity index (χ2v) is 5.92. The molecular formula is C15H13BrF3NO2. The summed E-state index contributed by atoms with van der Waals surface area (Å²) in [6.07, 6.45) is -2.03. The first-order chi connectivity index (χ1) is 10.5. The van der Waals surface area contributed by atoms with Crippen LogP contribution in [0.4, 0.5) is 13.2 Å². The zero-order valence-electron chi connectivity index (χ0n) is 11.5. The Balaban J connectivity index is 2.04. The lowest BCUT2D eigenvalue weighted by Gasteiger charge is -2.12. The normalized spacial score (nSPS) is 15.1. The van der Waals surface area contributed by atoms with E-state index >= 15 is 0 Å². The van der Waals surface area contributed by atoms with Gasteiger partial charge in [0.05, 0.1) is 0 Å². The number of rotatable bonds is 5. The van der Waals surface area contributed by atoms with Crippen LogP contribution in [0.2, 0.25) is 0 Å². The highest BCUT2D eigenvalue weighted by Gasteiger charge is 2.35. The number of hydrogen-bond donors (Lipinski definition) is 0. The summed E-state index contributed by atoms with van der Waals surface area (Å²) in [7, 11) is 0. The summed E-state index contributed by atoms with van der Waals surface area (Å²) in [6, 6.07) is 6.00. The van der Waals surface area contributed by atoms with Crippen LogP contribution in [0.25, 0.3) is 11.3 Å². The zero-order chi connectivity index (χ0) is 15.7. The fourth-order valence-corrected chi connectivity index (χ4v) is 2.81. The molecule has 22 heavy (non-hydrogen) atoms. The topological polar surface area (TPSA) is 35.3 Å². The molecule has 1 aliphatic carbocycles. The third-order valence-corrected chi connectivity index (χ3v) is 3.88. The maximum Gasteiger partial charge on any atom is 0.573 e. The van der Waals surface area contributed by atoms with Gasteiger partial charge in [-0.05, 0) is 31.4 Å². The Morgan fingerprint density at radius 1 is 1.27 bits per heavy atom. The standard InChI is InChI=1S/C15H13BrF3NO2/c16-8-7-11-13(20-22-14(11)9-5-6-9)10-3-1-2-4-12(10)21-15(17,18)19/h1-4,9H,5-8H2. The number of benzene rings is 1. The average molecular weight is 376 g/mol. The Morgan fingerprint density at radius 3 is 2.64 bits per heavy atom. The fraction of sp³-hybridized carbons (Fsp3) is 0.400. The van der Waals surface area contributed by atoms with Gasteiger partial charge in [-0.15, -0.1) is 13.2 Å². The highest BCUT2D eigenvalue weighted by Crippen LogP contribution is 2.45. The number of alkyl halides is 4. The molecule has 3 nitrogen and oxygen atoms in total. The van der Waals surface area contributed by atoms with E-state index in [-0.39, 0.29) is 5.75 Å². The van der Waals surface area contributed by atoms with E-state index in [1.807, 2.05) is 0 Å². The first kappa shape index (κ1) is 15.4. The quantitative estimate of drug-likeness (QED) is 0.685. The third kappa shape index (κ3) is 3.29. The van der Waals surface area contributed by atoms with Gasteiger partial charge in [0.1, 0.15) is 17.2 Å². The van der Waals surface area contributed by atoms with Gasteiger partial charge in [-0.25, -0.2) is 0 Å². The molecule has 2 aromatic rings. The van der Waals surface area contributed by atoms with Crippen molar-refractivity contribution in [3.8, 4) is 17.0 Å². The molecule has 0 saturated heterocycles. The summed E-state index contributed by atoms with van der Waals surface area (Å²) in [5, 5.41) is 4.70. The Morgan fingerprint density at radius 2 is 2.00 bits per heavy atom. The number of ether oxygens (including phenoxy) is 1. The summed E-state index contributed by atoms with van der Waals surface area (Å²) in [5.41, 5.74) is 1.59. The maximum atomic E-state index is 12.6. The molecule has 118 valence electrons. The molecule has 0 N–H and O–H groups in total. The van der Waals surface area contributed by atoms with Crippen LogP contribution in [0.15, 0.2) is 28.8 Å². The Labute approximate surface area is 133 Å². The predicted octanol–water partition coefficient (Wildman–Crippen LogP) is 5.06. The molecule has 0 unspecified atom stereocenters. The molecule has 1 heterocycles. The van der Waals surface area contributed by atoms with Crippen molar-refractivity contribution in [3.05, 3.63) is 35.6 Å². The highest BCUT2D eigenvalue weighted by molar-refractivity contribution is 9.09. The van der Waals surface area contributed by atoms with Crippen LogP contribution in [0.1, 0.15) is 30.1 Å². The van der Waals surface area contributed by atoms with Gasteiger partial charge in [0.25, 0.3) is 0 Å². The van der Waals surface area contributed by atoms with Crippen LogP contribution in [0.3, 0.4) is 0 Å². The summed E-state index contributed by atoms with van der Waals surface area (Å²) < 4.78 is 47.2. The first-order valence-electron chi connectivity index (χ1n) is 6.89. The van der Waals surface area contributed by atoms with Gasteiger partial charge in [-0.1, -0.05) is 33.2 Å². The minimum atomic E-state index is -4.74. The smallest absolute Gasteiger partial charge is 0.405 e. The molecule has 3 rings (SSSR count). The van der Waals surface area contributed by atoms with E-state index in [1.165, 1.54) is 12.1 Å². The number of hydrogen-bond acceptors (Lipinski definition) is 3. The van der Waals surface area contributed by atoms with Crippen LogP contribution in [0, 0.1) is 0 Å². The van der Waals surface area contributed by atoms with Gasteiger partial charge in [0.15, 0.2) is 0 Å². The summed E-state index contributed by atoms with van der Waals surface area (Å²) in [6.45, 7) is 0. The van der Waals surface area contributed by atoms with Crippen LogP contribution < -0.4 is 4.74 Å². The average Bonchev–Trinajstić information content (AvgIpc) is 3.20. The molecular weight excluding hydrogens is 363 g/mol. The molecule has 0 aliphatic heterocycles. The Hall–Kier alpha value is -1.50. The van der Waals surface area contributed by atoms with Gasteiger partial charge >= 0.3 is 6.36 Å². The van der Waals surface area contributed by atoms with Crippen molar-refractivity contribution in [2.75, 3.05) is 5.33 Å². The van der Waals surface area contributed by atoms with Gasteiger partial charge in [0, 0.05) is 22.4 Å². The van der Waals surface area contributed by atoms with Crippen LogP contribution >= 0.6 is 15.9 Å². The molecule has 0 radical (unpaired) electrons. The minimum absolute atomic E-state index is 0.263. The molecule has 1 saturated carbocycles.